The predicted octanol–water partition coefficient (Wildman–Crippen LogP) is 1.92. The van der Waals surface area contributed by atoms with Gasteiger partial charge in [-0.1, -0.05) is 36.4 Å². The molecule has 0 aromatic heterocycles. The first-order valence-electron chi connectivity index (χ1n) is 9.06. The molecule has 1 atom stereocenters. The van der Waals surface area contributed by atoms with E-state index < -0.39 is 17.9 Å². The number of hydrogen-bond donors (Lipinski definition) is 2. The lowest BCUT2D eigenvalue weighted by Crippen LogP contribution is -2.45. The Morgan fingerprint density at radius 3 is 2.46 bits per heavy atom. The summed E-state index contributed by atoms with van der Waals surface area (Å²) in [4.78, 5) is 39.1. The zero-order valence-electron chi connectivity index (χ0n) is 16.1. The lowest BCUT2D eigenvalue weighted by Gasteiger charge is -2.22. The van der Waals surface area contributed by atoms with Gasteiger partial charge in [-0.2, -0.15) is 0 Å². The fourth-order valence-corrected chi connectivity index (χ4v) is 3.32. The quantitative estimate of drug-likeness (QED) is 0.775. The molecule has 28 heavy (non-hydrogen) atoms. The van der Waals surface area contributed by atoms with Crippen molar-refractivity contribution in [2.24, 2.45) is 0 Å². The van der Waals surface area contributed by atoms with Crippen molar-refractivity contribution in [3.8, 4) is 5.75 Å². The van der Waals surface area contributed by atoms with Crippen molar-refractivity contribution < 1.29 is 19.1 Å². The number of fused-ring (bicyclic) bond motifs is 1. The second-order valence-electron chi connectivity index (χ2n) is 6.76. The van der Waals surface area contributed by atoms with Crippen molar-refractivity contribution in [1.82, 2.24) is 10.6 Å². The molecule has 2 N–H and O–H groups in total. The maximum atomic E-state index is 12.8. The van der Waals surface area contributed by atoms with E-state index in [0.29, 0.717) is 11.3 Å². The smallest absolute Gasteiger partial charge is 0.310 e. The van der Waals surface area contributed by atoms with Crippen LogP contribution in [-0.4, -0.2) is 30.9 Å². The van der Waals surface area contributed by atoms with Gasteiger partial charge in [-0.3, -0.25) is 14.4 Å². The van der Waals surface area contributed by atoms with E-state index in [9.17, 15) is 14.4 Å². The average molecular weight is 381 g/mol. The van der Waals surface area contributed by atoms with Gasteiger partial charge in [0.25, 0.3) is 5.91 Å². The van der Waals surface area contributed by atoms with E-state index in [0.717, 1.165) is 11.3 Å². The third kappa shape index (κ3) is 3.69. The van der Waals surface area contributed by atoms with Gasteiger partial charge in [0.05, 0.1) is 7.11 Å². The normalized spacial score (nSPS) is 15.4. The number of hydrogen-bond acceptors (Lipinski definition) is 4. The van der Waals surface area contributed by atoms with E-state index in [4.69, 9.17) is 4.74 Å². The van der Waals surface area contributed by atoms with Gasteiger partial charge in [0.2, 0.25) is 0 Å². The Hall–Kier alpha value is -3.35. The van der Waals surface area contributed by atoms with Crippen LogP contribution in [0.25, 0.3) is 0 Å². The Labute approximate surface area is 163 Å². The van der Waals surface area contributed by atoms with Crippen LogP contribution < -0.4 is 20.3 Å². The summed E-state index contributed by atoms with van der Waals surface area (Å²) >= 11 is 0. The second-order valence-corrected chi connectivity index (χ2v) is 6.76. The van der Waals surface area contributed by atoms with Crippen LogP contribution in [0.3, 0.4) is 0 Å². The summed E-state index contributed by atoms with van der Waals surface area (Å²) in [5.74, 6) is -1.29. The minimum Gasteiger partial charge on any atom is -0.496 e. The number of ether oxygens (including phenoxy) is 1. The van der Waals surface area contributed by atoms with Crippen LogP contribution in [0.2, 0.25) is 0 Å². The summed E-state index contributed by atoms with van der Waals surface area (Å²) in [5, 5.41) is 5.13. The molecule has 0 aliphatic carbocycles. The number of amides is 3. The summed E-state index contributed by atoms with van der Waals surface area (Å²) < 4.78 is 5.23. The van der Waals surface area contributed by atoms with Gasteiger partial charge >= 0.3 is 11.8 Å². The summed E-state index contributed by atoms with van der Waals surface area (Å²) in [6, 6.07) is 13.5. The molecule has 0 saturated carbocycles. The zero-order valence-corrected chi connectivity index (χ0v) is 16.1. The molecule has 0 saturated heterocycles. The second kappa shape index (κ2) is 8.12. The van der Waals surface area contributed by atoms with Crippen molar-refractivity contribution >= 4 is 23.4 Å². The number of carbonyl (C=O) groups excluding carboxylic acids is 3. The number of methoxy groups -OCH3 is 1. The first-order chi connectivity index (χ1) is 13.4. The van der Waals surface area contributed by atoms with E-state index in [1.165, 1.54) is 7.11 Å². The Morgan fingerprint density at radius 2 is 1.75 bits per heavy atom. The molecule has 146 valence electrons. The minimum atomic E-state index is -0.872. The van der Waals surface area contributed by atoms with Gasteiger partial charge < -0.3 is 20.3 Å². The summed E-state index contributed by atoms with van der Waals surface area (Å²) in [6.45, 7) is 3.95. The third-order valence-corrected chi connectivity index (χ3v) is 4.62. The van der Waals surface area contributed by atoms with Gasteiger partial charge in [-0.05, 0) is 26.0 Å². The molecule has 1 aliphatic rings. The number of anilines is 1. The summed E-state index contributed by atoms with van der Waals surface area (Å²) in [5.41, 5.74) is 2.19. The molecule has 7 nitrogen and oxygen atoms in total. The van der Waals surface area contributed by atoms with E-state index in [2.05, 4.69) is 10.6 Å². The van der Waals surface area contributed by atoms with E-state index in [1.807, 2.05) is 38.1 Å². The molecule has 2 aromatic carbocycles. The molecule has 0 unspecified atom stereocenters. The lowest BCUT2D eigenvalue weighted by atomic mass is 10.1. The van der Waals surface area contributed by atoms with Gasteiger partial charge in [-0.25, -0.2) is 0 Å². The number of nitrogens with zero attached hydrogens (tertiary/aromatic N) is 1. The molecule has 3 amide bonds. The van der Waals surface area contributed by atoms with Crippen molar-refractivity contribution in [2.75, 3.05) is 12.0 Å². The number of rotatable bonds is 5. The highest BCUT2D eigenvalue weighted by atomic mass is 16.5. The maximum absolute atomic E-state index is 12.8. The first-order valence-corrected chi connectivity index (χ1v) is 9.06. The van der Waals surface area contributed by atoms with Gasteiger partial charge in [0.15, 0.2) is 0 Å². The van der Waals surface area contributed by atoms with Crippen molar-refractivity contribution in [2.45, 2.75) is 32.5 Å². The highest BCUT2D eigenvalue weighted by Crippen LogP contribution is 2.36. The Bertz CT molecular complexity index is 910. The SMILES string of the molecule is COc1ccccc1CNC(=O)C(=O)N[C@H]1C(=O)N(C(C)C)c2ccccc21. The van der Waals surface area contributed by atoms with Crippen LogP contribution in [0.15, 0.2) is 48.5 Å². The Balaban J connectivity index is 1.69. The van der Waals surface area contributed by atoms with E-state index in [1.54, 1.807) is 29.2 Å². The van der Waals surface area contributed by atoms with Crippen LogP contribution in [-0.2, 0) is 20.9 Å². The summed E-state index contributed by atoms with van der Waals surface area (Å²) in [7, 11) is 1.54. The van der Waals surface area contributed by atoms with E-state index in [-0.39, 0.29) is 18.5 Å². The molecule has 1 heterocycles. The predicted molar refractivity (Wildman–Crippen MR) is 105 cm³/mol. The molecular formula is C21H23N3O4. The van der Waals surface area contributed by atoms with Gasteiger partial charge in [-0.15, -0.1) is 0 Å². The topological polar surface area (TPSA) is 87.7 Å². The molecule has 7 heteroatoms. The fourth-order valence-electron chi connectivity index (χ4n) is 3.32. The van der Waals surface area contributed by atoms with E-state index >= 15 is 0 Å². The van der Waals surface area contributed by atoms with Gasteiger partial charge in [0.1, 0.15) is 11.8 Å². The number of para-hydroxylation sites is 2. The van der Waals surface area contributed by atoms with Crippen LogP contribution in [0.1, 0.15) is 31.0 Å². The molecule has 2 aromatic rings. The monoisotopic (exact) mass is 381 g/mol. The summed E-state index contributed by atoms with van der Waals surface area (Å²) in [6.07, 6.45) is 0. The molecular weight excluding hydrogens is 358 g/mol. The standard InChI is InChI=1S/C21H23N3O4/c1-13(2)24-16-10-6-5-9-15(16)18(21(24)27)23-20(26)19(25)22-12-14-8-4-7-11-17(14)28-3/h4-11,13,18H,12H2,1-3H3,(H,22,25)(H,23,26)/t18-/m1/s1. The molecule has 0 fully saturated rings. The fraction of sp³-hybridized carbons (Fsp3) is 0.286. The number of nitrogens with one attached hydrogen (secondary N) is 2. The molecule has 0 bridgehead atoms. The first kappa shape index (κ1) is 19.4. The third-order valence-electron chi connectivity index (χ3n) is 4.62. The Kier molecular flexibility index (Phi) is 5.63. The molecule has 1 aliphatic heterocycles. The molecule has 0 radical (unpaired) electrons. The highest BCUT2D eigenvalue weighted by molar-refractivity contribution is 6.35. The average Bonchev–Trinajstić information content (AvgIpc) is 2.98. The molecule has 3 rings (SSSR count). The molecule has 0 spiro atoms. The maximum Gasteiger partial charge on any atom is 0.310 e. The highest BCUT2D eigenvalue weighted by Gasteiger charge is 2.39. The van der Waals surface area contributed by atoms with Crippen LogP contribution >= 0.6 is 0 Å². The van der Waals surface area contributed by atoms with Gasteiger partial charge in [0, 0.05) is 29.4 Å². The zero-order chi connectivity index (χ0) is 20.3. The number of benzene rings is 2. The van der Waals surface area contributed by atoms with Crippen molar-refractivity contribution in [1.29, 1.82) is 0 Å². The Morgan fingerprint density at radius 1 is 1.07 bits per heavy atom. The van der Waals surface area contributed by atoms with Crippen molar-refractivity contribution in [3.63, 3.8) is 0 Å². The van der Waals surface area contributed by atoms with Crippen molar-refractivity contribution in [3.05, 3.63) is 59.7 Å². The van der Waals surface area contributed by atoms with Crippen LogP contribution in [0, 0.1) is 0 Å². The van der Waals surface area contributed by atoms with Crippen LogP contribution in [0.4, 0.5) is 5.69 Å². The largest absolute Gasteiger partial charge is 0.496 e. The minimum absolute atomic E-state index is 0.0603. The lowest BCUT2D eigenvalue weighted by molar-refractivity contribution is -0.140. The number of carbonyl (C=O) groups is 3. The van der Waals surface area contributed by atoms with Crippen LogP contribution in [0.5, 0.6) is 5.75 Å².